The van der Waals surface area contributed by atoms with Crippen molar-refractivity contribution in [3.8, 4) is 11.3 Å². The van der Waals surface area contributed by atoms with E-state index in [2.05, 4.69) is 10.1 Å². The predicted molar refractivity (Wildman–Crippen MR) is 52.1 cm³/mol. The third kappa shape index (κ3) is 1.73. The second-order valence-electron chi connectivity index (χ2n) is 2.63. The van der Waals surface area contributed by atoms with Crippen molar-refractivity contribution in [1.82, 2.24) is 4.98 Å². The summed E-state index contributed by atoms with van der Waals surface area (Å²) in [6.07, 6.45) is 0. The second kappa shape index (κ2) is 3.74. The van der Waals surface area contributed by atoms with Crippen molar-refractivity contribution in [1.29, 1.82) is 0 Å². The van der Waals surface area contributed by atoms with Crippen LogP contribution in [-0.2, 0) is 0 Å². The van der Waals surface area contributed by atoms with Gasteiger partial charge in [0, 0.05) is 0 Å². The first-order chi connectivity index (χ1) is 6.77. The fraction of sp³-hybridized carbons (Fsp3) is 0. The molecule has 1 radical (unpaired) electrons. The average molecular weight is 252 g/mol. The van der Waals surface area contributed by atoms with Gasteiger partial charge >= 0.3 is 85.7 Å². The van der Waals surface area contributed by atoms with Crippen molar-refractivity contribution >= 4 is 20.2 Å². The quantitative estimate of drug-likeness (QED) is 0.462. The van der Waals surface area contributed by atoms with E-state index in [0.717, 1.165) is 11.3 Å². The summed E-state index contributed by atoms with van der Waals surface area (Å²) < 4.78 is 0. The molecule has 1 aromatic heterocycles. The minimum absolute atomic E-state index is 0.103. The Kier molecular flexibility index (Phi) is 2.43. The minimum atomic E-state index is -0.411. The summed E-state index contributed by atoms with van der Waals surface area (Å²) in [5, 5.41) is 13.3. The summed E-state index contributed by atoms with van der Waals surface area (Å²) in [5.41, 5.74) is 1.87. The molecule has 0 aliphatic carbocycles. The second-order valence-corrected chi connectivity index (χ2v) is 4.00. The molecule has 0 amide bonds. The number of hydrogen-bond acceptors (Lipinski definition) is 3. The average Bonchev–Trinajstić information content (AvgIpc) is 2.71. The number of nitro groups is 1. The molecule has 0 spiro atoms. The Morgan fingerprint density at radius 3 is 2.57 bits per heavy atom. The topological polar surface area (TPSA) is 56.0 Å². The Morgan fingerprint density at radius 1 is 1.36 bits per heavy atom. The number of non-ortho nitro benzene ring substituents is 1. The predicted octanol–water partition coefficient (Wildman–Crippen LogP) is 1.51. The molecule has 0 saturated carbocycles. The van der Waals surface area contributed by atoms with Crippen LogP contribution in [0.1, 0.15) is 0 Å². The summed E-state index contributed by atoms with van der Waals surface area (Å²) in [4.78, 5) is 16.0. The molecular formula is C9H5N2O2Se. The first kappa shape index (κ1) is 9.12. The number of nitrogens with zero attached hydrogens (tertiary/aromatic N) is 2. The van der Waals surface area contributed by atoms with Gasteiger partial charge in [-0.2, -0.15) is 0 Å². The van der Waals surface area contributed by atoms with Gasteiger partial charge < -0.3 is 0 Å². The molecule has 2 aromatic rings. The van der Waals surface area contributed by atoms with Crippen molar-refractivity contribution in [2.75, 3.05) is 0 Å². The van der Waals surface area contributed by atoms with E-state index in [-0.39, 0.29) is 20.2 Å². The zero-order valence-electron chi connectivity index (χ0n) is 7.01. The van der Waals surface area contributed by atoms with Gasteiger partial charge in [-0.25, -0.2) is 0 Å². The van der Waals surface area contributed by atoms with Gasteiger partial charge in [0.05, 0.1) is 0 Å². The molecule has 14 heavy (non-hydrogen) atoms. The SMILES string of the molecule is O=[N+]([O-])c1ccc(-c2c[se][c]n2)cc1. The Morgan fingerprint density at radius 2 is 2.07 bits per heavy atom. The van der Waals surface area contributed by atoms with Gasteiger partial charge in [0.25, 0.3) is 0 Å². The normalized spacial score (nSPS) is 10.0. The Bertz CT molecular complexity index is 436. The van der Waals surface area contributed by atoms with E-state index in [1.54, 1.807) is 12.1 Å². The molecule has 0 N–H and O–H groups in total. The molecule has 0 aliphatic rings. The van der Waals surface area contributed by atoms with E-state index in [4.69, 9.17) is 0 Å². The van der Waals surface area contributed by atoms with Crippen molar-refractivity contribution < 1.29 is 4.92 Å². The van der Waals surface area contributed by atoms with Crippen molar-refractivity contribution in [2.45, 2.75) is 0 Å². The van der Waals surface area contributed by atoms with E-state index in [9.17, 15) is 10.1 Å². The van der Waals surface area contributed by atoms with Gasteiger partial charge in [0.15, 0.2) is 0 Å². The van der Waals surface area contributed by atoms with Crippen LogP contribution in [0.3, 0.4) is 0 Å². The summed E-state index contributed by atoms with van der Waals surface area (Å²) in [6, 6.07) is 6.38. The summed E-state index contributed by atoms with van der Waals surface area (Å²) in [7, 11) is 0. The summed E-state index contributed by atoms with van der Waals surface area (Å²) in [6.45, 7) is 0. The van der Waals surface area contributed by atoms with Gasteiger partial charge in [-0.1, -0.05) is 0 Å². The van der Waals surface area contributed by atoms with E-state index in [1.807, 2.05) is 4.94 Å². The maximum atomic E-state index is 10.4. The molecule has 1 aromatic carbocycles. The molecule has 0 aliphatic heterocycles. The number of hydrogen-bond donors (Lipinski definition) is 0. The first-order valence-electron chi connectivity index (χ1n) is 3.84. The van der Waals surface area contributed by atoms with Gasteiger partial charge in [-0.3, -0.25) is 0 Å². The first-order valence-corrected chi connectivity index (χ1v) is 5.68. The van der Waals surface area contributed by atoms with E-state index < -0.39 is 4.92 Å². The molecular weight excluding hydrogens is 247 g/mol. The van der Waals surface area contributed by atoms with E-state index >= 15 is 0 Å². The number of rotatable bonds is 2. The maximum absolute atomic E-state index is 10.4. The molecule has 1 heterocycles. The van der Waals surface area contributed by atoms with Crippen LogP contribution in [0.5, 0.6) is 0 Å². The van der Waals surface area contributed by atoms with Crippen LogP contribution >= 0.6 is 0 Å². The van der Waals surface area contributed by atoms with Crippen LogP contribution in [0.25, 0.3) is 11.3 Å². The zero-order valence-corrected chi connectivity index (χ0v) is 8.72. The van der Waals surface area contributed by atoms with Crippen LogP contribution in [0.4, 0.5) is 5.69 Å². The Labute approximate surface area is 86.1 Å². The molecule has 0 bridgehead atoms. The van der Waals surface area contributed by atoms with E-state index in [0.29, 0.717) is 0 Å². The third-order valence-corrected chi connectivity index (χ3v) is 2.89. The summed E-state index contributed by atoms with van der Waals surface area (Å²) in [5.74, 6) is 0. The molecule has 2 rings (SSSR count). The standard InChI is InChI=1S/C9H5N2O2Se/c12-11(13)8-3-1-7(2-4-8)9-5-14-6-10-9/h1-5H. The molecule has 5 heteroatoms. The van der Waals surface area contributed by atoms with Crippen LogP contribution in [-0.4, -0.2) is 24.4 Å². The van der Waals surface area contributed by atoms with E-state index in [1.165, 1.54) is 12.1 Å². The van der Waals surface area contributed by atoms with Crippen molar-refractivity contribution in [2.24, 2.45) is 0 Å². The van der Waals surface area contributed by atoms with Gasteiger partial charge in [-0.15, -0.1) is 0 Å². The Balaban J connectivity index is 2.36. The van der Waals surface area contributed by atoms with Crippen molar-refractivity contribution in [3.05, 3.63) is 44.4 Å². The number of nitro benzene ring substituents is 1. The fourth-order valence-electron chi connectivity index (χ4n) is 1.07. The van der Waals surface area contributed by atoms with Gasteiger partial charge in [0.2, 0.25) is 0 Å². The third-order valence-electron chi connectivity index (χ3n) is 1.76. The number of aromatic nitrogens is 1. The molecule has 69 valence electrons. The van der Waals surface area contributed by atoms with Crippen LogP contribution in [0.2, 0.25) is 0 Å². The zero-order chi connectivity index (χ0) is 9.97. The van der Waals surface area contributed by atoms with Gasteiger partial charge in [0.1, 0.15) is 0 Å². The monoisotopic (exact) mass is 253 g/mol. The molecule has 0 saturated heterocycles. The molecule has 4 nitrogen and oxygen atoms in total. The molecule has 0 fully saturated rings. The van der Waals surface area contributed by atoms with Gasteiger partial charge in [-0.05, 0) is 0 Å². The summed E-state index contributed by atoms with van der Waals surface area (Å²) >= 11 is 0.219. The van der Waals surface area contributed by atoms with Crippen LogP contribution < -0.4 is 0 Å². The molecule has 0 unspecified atom stereocenters. The number of benzene rings is 1. The van der Waals surface area contributed by atoms with Crippen LogP contribution in [0, 0.1) is 15.2 Å². The fourth-order valence-corrected chi connectivity index (χ4v) is 2.13. The molecule has 0 atom stereocenters. The van der Waals surface area contributed by atoms with Crippen molar-refractivity contribution in [3.63, 3.8) is 0 Å². The van der Waals surface area contributed by atoms with Crippen LogP contribution in [0.15, 0.2) is 29.2 Å². The Hall–Kier alpha value is -1.45.